The van der Waals surface area contributed by atoms with Gasteiger partial charge in [0.2, 0.25) is 0 Å². The van der Waals surface area contributed by atoms with Crippen LogP contribution in [-0.4, -0.2) is 25.5 Å². The van der Waals surface area contributed by atoms with E-state index in [1.807, 2.05) is 41.5 Å². The maximum atomic E-state index is 9.23. The first kappa shape index (κ1) is 12.3. The van der Waals surface area contributed by atoms with Crippen LogP contribution in [0.2, 0.25) is 0 Å². The van der Waals surface area contributed by atoms with Gasteiger partial charge in [0.15, 0.2) is 0 Å². The molecule has 0 radical (unpaired) electrons. The summed E-state index contributed by atoms with van der Waals surface area (Å²) in [4.78, 5) is 18.5. The number of hydrogen-bond acceptors (Lipinski definition) is 3. The Morgan fingerprint density at radius 2 is 1.08 bits per heavy atom. The lowest BCUT2D eigenvalue weighted by molar-refractivity contribution is 0.118. The molecule has 3 nitrogen and oxygen atoms in total. The monoisotopic (exact) mass is 193 g/mol. The Labute approximate surface area is 76.4 Å². The lowest BCUT2D eigenvalue weighted by atomic mass is 10.0. The van der Waals surface area contributed by atoms with Gasteiger partial charge in [-0.2, -0.15) is 0 Å². The Morgan fingerprint density at radius 1 is 0.833 bits per heavy atom. The van der Waals surface area contributed by atoms with Gasteiger partial charge in [-0.1, -0.05) is 0 Å². The molecule has 0 spiro atoms. The average Bonchev–Trinajstić information content (AvgIpc) is 1.49. The van der Waals surface area contributed by atoms with Crippen molar-refractivity contribution in [1.29, 1.82) is 0 Å². The van der Waals surface area contributed by atoms with Crippen LogP contribution in [0.4, 0.5) is 0 Å². The van der Waals surface area contributed by atoms with Crippen LogP contribution in [0.5, 0.6) is 0 Å². The van der Waals surface area contributed by atoms with E-state index in [1.54, 1.807) is 4.67 Å². The molecule has 0 saturated carbocycles. The van der Waals surface area contributed by atoms with Crippen LogP contribution >= 0.6 is 8.53 Å². The molecule has 0 aliphatic carbocycles. The quantitative estimate of drug-likeness (QED) is 0.627. The molecule has 0 amide bonds. The first-order valence-corrected chi connectivity index (χ1v) is 5.25. The predicted octanol–water partition coefficient (Wildman–Crippen LogP) is 2.10. The molecule has 74 valence electrons. The minimum atomic E-state index is -2.01. The summed E-state index contributed by atoms with van der Waals surface area (Å²) in [5.74, 6) is 0. The Balaban J connectivity index is 4.70. The smallest absolute Gasteiger partial charge is 0.254 e. The molecule has 0 aliphatic rings. The zero-order valence-electron chi connectivity index (χ0n) is 8.79. The van der Waals surface area contributed by atoms with E-state index in [2.05, 4.69) is 0 Å². The molecule has 2 N–H and O–H groups in total. The van der Waals surface area contributed by atoms with Crippen LogP contribution in [0.3, 0.4) is 0 Å². The Hall–Kier alpha value is 0.310. The number of hydrogen-bond donors (Lipinski definition) is 2. The van der Waals surface area contributed by atoms with E-state index >= 15 is 0 Å². The van der Waals surface area contributed by atoms with Crippen molar-refractivity contribution < 1.29 is 9.79 Å². The van der Waals surface area contributed by atoms with E-state index in [0.29, 0.717) is 0 Å². The van der Waals surface area contributed by atoms with Gasteiger partial charge in [-0.05, 0) is 41.5 Å². The lowest BCUT2D eigenvalue weighted by Crippen LogP contribution is -2.48. The van der Waals surface area contributed by atoms with Crippen molar-refractivity contribution >= 4 is 8.53 Å². The summed E-state index contributed by atoms with van der Waals surface area (Å²) in [6.07, 6.45) is 0. The Bertz CT molecular complexity index is 132. The lowest BCUT2D eigenvalue weighted by Gasteiger charge is -2.44. The molecule has 0 fully saturated rings. The molecular formula is C8H20NO2P. The summed E-state index contributed by atoms with van der Waals surface area (Å²) in [5.41, 5.74) is -0.430. The average molecular weight is 193 g/mol. The van der Waals surface area contributed by atoms with Crippen molar-refractivity contribution in [3.63, 3.8) is 0 Å². The molecule has 4 heteroatoms. The van der Waals surface area contributed by atoms with E-state index in [-0.39, 0.29) is 11.1 Å². The number of rotatable bonds is 1. The molecule has 0 atom stereocenters. The first-order chi connectivity index (χ1) is 5.07. The van der Waals surface area contributed by atoms with E-state index in [4.69, 9.17) is 0 Å². The fourth-order valence-electron chi connectivity index (χ4n) is 1.54. The van der Waals surface area contributed by atoms with Crippen LogP contribution in [0, 0.1) is 0 Å². The molecular weight excluding hydrogens is 173 g/mol. The van der Waals surface area contributed by atoms with Crippen molar-refractivity contribution in [1.82, 2.24) is 4.67 Å². The van der Waals surface area contributed by atoms with Gasteiger partial charge in [0.05, 0.1) is 0 Å². The van der Waals surface area contributed by atoms with Crippen LogP contribution in [0.15, 0.2) is 0 Å². The van der Waals surface area contributed by atoms with E-state index in [9.17, 15) is 9.79 Å². The fraction of sp³-hybridized carbons (Fsp3) is 1.00. The molecule has 0 bridgehead atoms. The van der Waals surface area contributed by atoms with E-state index in [0.717, 1.165) is 0 Å². The second kappa shape index (κ2) is 3.59. The highest BCUT2D eigenvalue weighted by molar-refractivity contribution is 7.42. The highest BCUT2D eigenvalue weighted by Crippen LogP contribution is 2.43. The normalized spacial score (nSPS) is 14.5. The summed E-state index contributed by atoms with van der Waals surface area (Å²) < 4.78 is 1.72. The molecule has 0 rings (SSSR count). The maximum Gasteiger partial charge on any atom is 0.254 e. The second-order valence-corrected chi connectivity index (χ2v) is 5.86. The van der Waals surface area contributed by atoms with Crippen molar-refractivity contribution in [2.45, 2.75) is 52.6 Å². The summed E-state index contributed by atoms with van der Waals surface area (Å²) in [7, 11) is -2.01. The third kappa shape index (κ3) is 3.36. The minimum absolute atomic E-state index is 0.215. The topological polar surface area (TPSA) is 43.7 Å². The summed E-state index contributed by atoms with van der Waals surface area (Å²) in [6.45, 7) is 11.8. The van der Waals surface area contributed by atoms with Gasteiger partial charge in [0.25, 0.3) is 8.53 Å². The van der Waals surface area contributed by atoms with Gasteiger partial charge < -0.3 is 9.79 Å². The van der Waals surface area contributed by atoms with Crippen LogP contribution < -0.4 is 0 Å². The van der Waals surface area contributed by atoms with Gasteiger partial charge >= 0.3 is 0 Å². The third-order valence-corrected chi connectivity index (χ3v) is 3.01. The fourth-order valence-corrected chi connectivity index (χ4v) is 2.62. The Kier molecular flexibility index (Phi) is 3.68. The summed E-state index contributed by atoms with van der Waals surface area (Å²) in [6, 6.07) is 0. The molecule has 12 heavy (non-hydrogen) atoms. The summed E-state index contributed by atoms with van der Waals surface area (Å²) >= 11 is 0. The maximum absolute atomic E-state index is 9.23. The molecule has 0 aromatic carbocycles. The molecule has 0 saturated heterocycles. The molecule has 0 aliphatic heterocycles. The Morgan fingerprint density at radius 3 is 1.08 bits per heavy atom. The third-order valence-electron chi connectivity index (χ3n) is 1.45. The highest BCUT2D eigenvalue weighted by atomic mass is 31.2. The van der Waals surface area contributed by atoms with E-state index in [1.165, 1.54) is 0 Å². The zero-order valence-corrected chi connectivity index (χ0v) is 9.68. The highest BCUT2D eigenvalue weighted by Gasteiger charge is 2.36. The summed E-state index contributed by atoms with van der Waals surface area (Å²) in [5, 5.41) is 0. The van der Waals surface area contributed by atoms with E-state index < -0.39 is 8.53 Å². The molecule has 0 aromatic heterocycles. The van der Waals surface area contributed by atoms with Crippen molar-refractivity contribution in [3.8, 4) is 0 Å². The largest absolute Gasteiger partial charge is 0.338 e. The van der Waals surface area contributed by atoms with Gasteiger partial charge in [-0.25, -0.2) is 4.67 Å². The number of nitrogens with zero attached hydrogens (tertiary/aromatic N) is 1. The molecule has 0 aromatic rings. The minimum Gasteiger partial charge on any atom is -0.338 e. The van der Waals surface area contributed by atoms with Crippen LogP contribution in [0.1, 0.15) is 41.5 Å². The van der Waals surface area contributed by atoms with Crippen molar-refractivity contribution in [2.75, 3.05) is 0 Å². The van der Waals surface area contributed by atoms with Crippen molar-refractivity contribution in [2.24, 2.45) is 0 Å². The standard InChI is InChI=1S/C8H20NO2P/c1-7(2,3)9(12(10)11)8(4,5)6/h10-11H,1-6H3. The second-order valence-electron chi connectivity index (χ2n) is 4.92. The molecule has 0 unspecified atom stereocenters. The zero-order chi connectivity index (χ0) is 10.2. The molecule has 0 heterocycles. The first-order valence-electron chi connectivity index (χ1n) is 4.05. The van der Waals surface area contributed by atoms with Gasteiger partial charge in [0.1, 0.15) is 0 Å². The predicted molar refractivity (Wildman–Crippen MR) is 52.7 cm³/mol. The SMILES string of the molecule is CC(C)(C)N(P(O)O)C(C)(C)C. The van der Waals surface area contributed by atoms with Crippen LogP contribution in [0.25, 0.3) is 0 Å². The van der Waals surface area contributed by atoms with Gasteiger partial charge in [0, 0.05) is 11.1 Å². The van der Waals surface area contributed by atoms with Gasteiger partial charge in [-0.3, -0.25) is 0 Å². The van der Waals surface area contributed by atoms with Gasteiger partial charge in [-0.15, -0.1) is 0 Å². The van der Waals surface area contributed by atoms with Crippen molar-refractivity contribution in [3.05, 3.63) is 0 Å². The van der Waals surface area contributed by atoms with Crippen LogP contribution in [-0.2, 0) is 0 Å².